The van der Waals surface area contributed by atoms with E-state index in [9.17, 15) is 0 Å². The Morgan fingerprint density at radius 2 is 1.27 bits per heavy atom. The highest BCUT2D eigenvalue weighted by Gasteiger charge is 2.24. The quantitative estimate of drug-likeness (QED) is 0.226. The number of fused-ring (bicyclic) bond motifs is 5. The molecule has 8 aromatic rings. The molecule has 9 rings (SSSR count). The van der Waals surface area contributed by atoms with Crippen molar-refractivity contribution in [3.05, 3.63) is 162 Å². The zero-order valence-corrected chi connectivity index (χ0v) is 24.2. The molecule has 0 radical (unpaired) electrons. The molecular formula is C40H26N4O. The summed E-state index contributed by atoms with van der Waals surface area (Å²) in [4.78, 5) is 15.2. The Morgan fingerprint density at radius 3 is 2.04 bits per heavy atom. The molecule has 0 amide bonds. The van der Waals surface area contributed by atoms with Gasteiger partial charge < -0.3 is 9.73 Å². The molecule has 212 valence electrons. The Hall–Kier alpha value is -6.07. The SMILES string of the molecule is c1ccc(C2N=C(c3cccc4oc5cc(-c6ccc7ccccc7c6)ncc5c34)N=C(c3ccc4ccccc4c3)N2)cc1. The number of hydrogen-bond acceptors (Lipinski definition) is 5. The number of benzene rings is 6. The molecule has 0 spiro atoms. The minimum atomic E-state index is -0.300. The summed E-state index contributed by atoms with van der Waals surface area (Å²) in [5.41, 5.74) is 6.46. The van der Waals surface area contributed by atoms with Crippen molar-refractivity contribution >= 4 is 55.2 Å². The second-order valence-electron chi connectivity index (χ2n) is 11.3. The Labute approximate surface area is 259 Å². The highest BCUT2D eigenvalue weighted by molar-refractivity contribution is 6.22. The van der Waals surface area contributed by atoms with Crippen molar-refractivity contribution in [2.24, 2.45) is 9.98 Å². The van der Waals surface area contributed by atoms with Gasteiger partial charge in [0.2, 0.25) is 0 Å². The van der Waals surface area contributed by atoms with Crippen LogP contribution >= 0.6 is 0 Å². The smallest absolute Gasteiger partial charge is 0.160 e. The molecule has 1 unspecified atom stereocenters. The summed E-state index contributed by atoms with van der Waals surface area (Å²) in [6.07, 6.45) is 1.62. The van der Waals surface area contributed by atoms with Crippen molar-refractivity contribution in [2.75, 3.05) is 0 Å². The van der Waals surface area contributed by atoms with Crippen LogP contribution in [0, 0.1) is 0 Å². The number of nitrogens with one attached hydrogen (secondary N) is 1. The van der Waals surface area contributed by atoms with Crippen LogP contribution in [0.15, 0.2) is 160 Å². The molecule has 1 aliphatic heterocycles. The van der Waals surface area contributed by atoms with Crippen LogP contribution in [-0.2, 0) is 0 Å². The van der Waals surface area contributed by atoms with Gasteiger partial charge >= 0.3 is 0 Å². The lowest BCUT2D eigenvalue weighted by Gasteiger charge is -2.24. The first-order valence-corrected chi connectivity index (χ1v) is 15.0. The van der Waals surface area contributed by atoms with Gasteiger partial charge in [0.25, 0.3) is 0 Å². The summed E-state index contributed by atoms with van der Waals surface area (Å²) >= 11 is 0. The van der Waals surface area contributed by atoms with Gasteiger partial charge in [-0.2, -0.15) is 0 Å². The Morgan fingerprint density at radius 1 is 0.578 bits per heavy atom. The van der Waals surface area contributed by atoms with Crippen LogP contribution in [0.4, 0.5) is 0 Å². The van der Waals surface area contributed by atoms with E-state index in [1.807, 2.05) is 42.6 Å². The van der Waals surface area contributed by atoms with E-state index < -0.39 is 0 Å². The largest absolute Gasteiger partial charge is 0.456 e. The summed E-state index contributed by atoms with van der Waals surface area (Å²) < 4.78 is 6.45. The second-order valence-corrected chi connectivity index (χ2v) is 11.3. The van der Waals surface area contributed by atoms with Crippen LogP contribution in [-0.4, -0.2) is 16.7 Å². The van der Waals surface area contributed by atoms with Gasteiger partial charge in [0.15, 0.2) is 5.84 Å². The van der Waals surface area contributed by atoms with Crippen molar-refractivity contribution < 1.29 is 4.42 Å². The van der Waals surface area contributed by atoms with E-state index in [0.717, 1.165) is 61.1 Å². The first kappa shape index (κ1) is 25.4. The predicted molar refractivity (Wildman–Crippen MR) is 184 cm³/mol. The maximum Gasteiger partial charge on any atom is 0.160 e. The van der Waals surface area contributed by atoms with Gasteiger partial charge in [0.1, 0.15) is 23.2 Å². The van der Waals surface area contributed by atoms with Crippen LogP contribution in [0.5, 0.6) is 0 Å². The first-order chi connectivity index (χ1) is 22.3. The Kier molecular flexibility index (Phi) is 5.81. The fourth-order valence-corrected chi connectivity index (χ4v) is 6.27. The third kappa shape index (κ3) is 4.45. The van der Waals surface area contributed by atoms with Crippen LogP contribution in [0.3, 0.4) is 0 Å². The van der Waals surface area contributed by atoms with Crippen molar-refractivity contribution in [3.8, 4) is 11.3 Å². The molecule has 0 bridgehead atoms. The molecule has 3 heterocycles. The van der Waals surface area contributed by atoms with Gasteiger partial charge in [-0.3, -0.25) is 4.98 Å². The zero-order valence-electron chi connectivity index (χ0n) is 24.2. The summed E-state index contributed by atoms with van der Waals surface area (Å²) in [5, 5.41) is 10.2. The molecule has 5 nitrogen and oxygen atoms in total. The number of rotatable bonds is 4. The molecule has 6 aromatic carbocycles. The molecule has 1 aliphatic rings. The lowest BCUT2D eigenvalue weighted by Crippen LogP contribution is -2.33. The van der Waals surface area contributed by atoms with E-state index >= 15 is 0 Å². The van der Waals surface area contributed by atoms with Crippen LogP contribution in [0.2, 0.25) is 0 Å². The van der Waals surface area contributed by atoms with E-state index in [-0.39, 0.29) is 6.17 Å². The average molecular weight is 579 g/mol. The molecule has 45 heavy (non-hydrogen) atoms. The fraction of sp³-hybridized carbons (Fsp3) is 0.0250. The zero-order chi connectivity index (χ0) is 29.7. The third-order valence-electron chi connectivity index (χ3n) is 8.55. The summed E-state index contributed by atoms with van der Waals surface area (Å²) in [7, 11) is 0. The van der Waals surface area contributed by atoms with E-state index in [1.165, 1.54) is 16.2 Å². The van der Waals surface area contributed by atoms with Gasteiger partial charge in [-0.05, 0) is 45.3 Å². The first-order valence-electron chi connectivity index (χ1n) is 15.0. The van der Waals surface area contributed by atoms with Gasteiger partial charge in [-0.1, -0.05) is 115 Å². The predicted octanol–water partition coefficient (Wildman–Crippen LogP) is 9.45. The lowest BCUT2D eigenvalue weighted by atomic mass is 10.0. The van der Waals surface area contributed by atoms with Crippen molar-refractivity contribution in [2.45, 2.75) is 6.17 Å². The van der Waals surface area contributed by atoms with Gasteiger partial charge in [-0.25, -0.2) is 9.98 Å². The minimum Gasteiger partial charge on any atom is -0.456 e. The summed E-state index contributed by atoms with van der Waals surface area (Å²) in [6, 6.07) is 48.0. The van der Waals surface area contributed by atoms with E-state index in [2.05, 4.69) is 108 Å². The normalized spacial score (nSPS) is 14.9. The van der Waals surface area contributed by atoms with Gasteiger partial charge in [0.05, 0.1) is 5.69 Å². The third-order valence-corrected chi connectivity index (χ3v) is 8.55. The van der Waals surface area contributed by atoms with Crippen molar-refractivity contribution in [1.82, 2.24) is 10.3 Å². The fourth-order valence-electron chi connectivity index (χ4n) is 6.27. The van der Waals surface area contributed by atoms with Gasteiger partial charge in [0, 0.05) is 39.7 Å². The van der Waals surface area contributed by atoms with Crippen molar-refractivity contribution in [3.63, 3.8) is 0 Å². The number of aliphatic imine (C=N–C) groups is 2. The number of hydrogen-bond donors (Lipinski definition) is 1. The van der Waals surface area contributed by atoms with Crippen molar-refractivity contribution in [1.29, 1.82) is 0 Å². The van der Waals surface area contributed by atoms with Crippen LogP contribution in [0.1, 0.15) is 22.9 Å². The average Bonchev–Trinajstić information content (AvgIpc) is 3.49. The summed E-state index contributed by atoms with van der Waals surface area (Å²) in [6.45, 7) is 0. The highest BCUT2D eigenvalue weighted by Crippen LogP contribution is 2.35. The van der Waals surface area contributed by atoms with Crippen LogP contribution in [0.25, 0.3) is 54.7 Å². The highest BCUT2D eigenvalue weighted by atomic mass is 16.3. The van der Waals surface area contributed by atoms with Gasteiger partial charge in [-0.15, -0.1) is 0 Å². The Bertz CT molecular complexity index is 2470. The molecule has 0 fully saturated rings. The molecule has 0 saturated heterocycles. The second kappa shape index (κ2) is 10.3. The lowest BCUT2D eigenvalue weighted by molar-refractivity contribution is 0.668. The maximum absolute atomic E-state index is 6.45. The molecule has 1 N–H and O–H groups in total. The molecule has 0 saturated carbocycles. The van der Waals surface area contributed by atoms with Crippen LogP contribution < -0.4 is 5.32 Å². The standard InChI is InChI=1S/C40H26N4O/c1-2-11-27(12-3-1)38-42-39(31-20-18-26-10-5-7-14-29(26)22-31)44-40(43-38)32-15-8-16-35-37(32)33-24-41-34(23-36(33)45-35)30-19-17-25-9-4-6-13-28(25)21-30/h1-24,38H,(H,42,43,44). The number of amidine groups is 2. The number of furan rings is 1. The van der Waals surface area contributed by atoms with E-state index in [0.29, 0.717) is 5.84 Å². The van der Waals surface area contributed by atoms with E-state index in [4.69, 9.17) is 19.4 Å². The molecule has 2 aromatic heterocycles. The molecule has 1 atom stereocenters. The summed E-state index contributed by atoms with van der Waals surface area (Å²) in [5.74, 6) is 1.43. The Balaban J connectivity index is 1.19. The molecule has 0 aliphatic carbocycles. The topological polar surface area (TPSA) is 62.8 Å². The maximum atomic E-state index is 6.45. The minimum absolute atomic E-state index is 0.300. The van der Waals surface area contributed by atoms with E-state index in [1.54, 1.807) is 0 Å². The molecular weight excluding hydrogens is 552 g/mol. The molecule has 5 heteroatoms. The monoisotopic (exact) mass is 578 g/mol. The number of nitrogens with zero attached hydrogens (tertiary/aromatic N) is 3. The number of aromatic nitrogens is 1. The number of pyridine rings is 1.